The second-order valence-corrected chi connectivity index (χ2v) is 4.90. The Bertz CT molecular complexity index is 676. The zero-order valence-electron chi connectivity index (χ0n) is 11.7. The topological polar surface area (TPSA) is 54.0 Å². The van der Waals surface area contributed by atoms with Gasteiger partial charge < -0.3 is 10.6 Å². The largest absolute Gasteiger partial charge is 0.370 e. The van der Waals surface area contributed by atoms with E-state index in [2.05, 4.69) is 15.6 Å². The number of nitrogens with zero attached hydrogens (tertiary/aromatic N) is 1. The number of hydrogen-bond acceptors (Lipinski definition) is 3. The maximum Gasteiger partial charge on any atom is 0.255 e. The monoisotopic (exact) mass is 307 g/mol. The number of hydrogen-bond donors (Lipinski definition) is 2. The first-order chi connectivity index (χ1) is 9.99. The predicted molar refractivity (Wildman–Crippen MR) is 82.5 cm³/mol. The fourth-order valence-corrected chi connectivity index (χ4v) is 2.07. The first kappa shape index (κ1) is 15.3. The van der Waals surface area contributed by atoms with Gasteiger partial charge in [-0.2, -0.15) is 0 Å². The summed E-state index contributed by atoms with van der Waals surface area (Å²) in [6.45, 7) is 4.46. The van der Waals surface area contributed by atoms with Crippen LogP contribution in [-0.4, -0.2) is 17.4 Å². The number of aryl methyl sites for hydroxylation is 1. The van der Waals surface area contributed by atoms with E-state index in [4.69, 9.17) is 11.6 Å². The van der Waals surface area contributed by atoms with Gasteiger partial charge in [0.15, 0.2) is 0 Å². The molecular formula is C15H15ClFN3O. The highest BCUT2D eigenvalue weighted by Crippen LogP contribution is 2.23. The molecule has 1 aromatic heterocycles. The van der Waals surface area contributed by atoms with Gasteiger partial charge in [-0.25, -0.2) is 9.37 Å². The van der Waals surface area contributed by atoms with E-state index in [1.54, 1.807) is 12.1 Å². The van der Waals surface area contributed by atoms with Crippen LogP contribution in [-0.2, 0) is 0 Å². The predicted octanol–water partition coefficient (Wildman–Crippen LogP) is 3.87. The minimum Gasteiger partial charge on any atom is -0.370 e. The lowest BCUT2D eigenvalue weighted by molar-refractivity contribution is 0.102. The zero-order valence-corrected chi connectivity index (χ0v) is 12.5. The lowest BCUT2D eigenvalue weighted by Gasteiger charge is -2.10. The van der Waals surface area contributed by atoms with Crippen molar-refractivity contribution in [2.45, 2.75) is 13.8 Å². The molecule has 0 aliphatic heterocycles. The van der Waals surface area contributed by atoms with Crippen LogP contribution in [0.5, 0.6) is 0 Å². The van der Waals surface area contributed by atoms with Crippen molar-refractivity contribution in [3.8, 4) is 0 Å². The molecule has 0 unspecified atom stereocenters. The molecule has 0 aliphatic carbocycles. The summed E-state index contributed by atoms with van der Waals surface area (Å²) < 4.78 is 13.0. The van der Waals surface area contributed by atoms with Crippen molar-refractivity contribution >= 4 is 29.0 Å². The number of carbonyl (C=O) groups excluding carboxylic acids is 1. The van der Waals surface area contributed by atoms with Crippen molar-refractivity contribution in [2.75, 3.05) is 17.2 Å². The summed E-state index contributed by atoms with van der Waals surface area (Å²) >= 11 is 5.89. The van der Waals surface area contributed by atoms with Crippen molar-refractivity contribution < 1.29 is 9.18 Å². The highest BCUT2D eigenvalue weighted by atomic mass is 35.5. The van der Waals surface area contributed by atoms with Crippen LogP contribution in [0.1, 0.15) is 23.0 Å². The summed E-state index contributed by atoms with van der Waals surface area (Å²) in [6, 6.07) is 7.15. The Morgan fingerprint density at radius 1 is 1.33 bits per heavy atom. The number of aromatic nitrogens is 1. The maximum absolute atomic E-state index is 13.0. The Kier molecular flexibility index (Phi) is 4.75. The molecule has 1 amide bonds. The summed E-state index contributed by atoms with van der Waals surface area (Å²) in [5.41, 5.74) is 1.55. The first-order valence-corrected chi connectivity index (χ1v) is 6.86. The van der Waals surface area contributed by atoms with Crippen LogP contribution >= 0.6 is 11.6 Å². The highest BCUT2D eigenvalue weighted by Gasteiger charge is 2.11. The summed E-state index contributed by atoms with van der Waals surface area (Å²) in [4.78, 5) is 16.5. The molecule has 21 heavy (non-hydrogen) atoms. The molecule has 0 bridgehead atoms. The van der Waals surface area contributed by atoms with Crippen molar-refractivity contribution in [1.29, 1.82) is 0 Å². The summed E-state index contributed by atoms with van der Waals surface area (Å²) in [6.07, 6.45) is 0. The fraction of sp³-hybridized carbons (Fsp3) is 0.200. The molecule has 0 saturated carbocycles. The van der Waals surface area contributed by atoms with Crippen molar-refractivity contribution in [3.63, 3.8) is 0 Å². The van der Waals surface area contributed by atoms with E-state index in [1.807, 2.05) is 13.8 Å². The average molecular weight is 308 g/mol. The maximum atomic E-state index is 13.0. The third-order valence-corrected chi connectivity index (χ3v) is 3.07. The van der Waals surface area contributed by atoms with Gasteiger partial charge in [-0.3, -0.25) is 4.79 Å². The summed E-state index contributed by atoms with van der Waals surface area (Å²) in [5.74, 6) is -0.145. The molecule has 2 aromatic rings. The summed E-state index contributed by atoms with van der Waals surface area (Å²) in [7, 11) is 0. The molecule has 0 saturated heterocycles. The molecule has 6 heteroatoms. The number of carbonyl (C=O) groups is 1. The number of pyridine rings is 1. The molecule has 4 nitrogen and oxygen atoms in total. The van der Waals surface area contributed by atoms with Gasteiger partial charge in [0, 0.05) is 17.8 Å². The summed E-state index contributed by atoms with van der Waals surface area (Å²) in [5, 5.41) is 5.87. The number of amides is 1. The van der Waals surface area contributed by atoms with E-state index in [9.17, 15) is 9.18 Å². The van der Waals surface area contributed by atoms with Crippen LogP contribution in [0.3, 0.4) is 0 Å². The third kappa shape index (κ3) is 3.92. The second kappa shape index (κ2) is 6.54. The molecule has 0 atom stereocenters. The molecule has 0 aliphatic rings. The van der Waals surface area contributed by atoms with E-state index in [1.165, 1.54) is 12.1 Å². The Balaban J connectivity index is 2.23. The van der Waals surface area contributed by atoms with Gasteiger partial charge in [0.05, 0.1) is 10.7 Å². The van der Waals surface area contributed by atoms with Crippen LogP contribution in [0, 0.1) is 12.7 Å². The van der Waals surface area contributed by atoms with Crippen molar-refractivity contribution in [1.82, 2.24) is 4.98 Å². The quantitative estimate of drug-likeness (QED) is 0.901. The Labute approximate surface area is 127 Å². The van der Waals surface area contributed by atoms with E-state index >= 15 is 0 Å². The molecule has 0 radical (unpaired) electrons. The third-order valence-electron chi connectivity index (χ3n) is 2.75. The van der Waals surface area contributed by atoms with Gasteiger partial charge in [0.2, 0.25) is 0 Å². The molecule has 1 heterocycles. The molecular weight excluding hydrogens is 293 g/mol. The van der Waals surface area contributed by atoms with Gasteiger partial charge in [0.25, 0.3) is 5.91 Å². The van der Waals surface area contributed by atoms with Crippen molar-refractivity contribution in [2.24, 2.45) is 0 Å². The number of benzene rings is 1. The number of rotatable bonds is 4. The first-order valence-electron chi connectivity index (χ1n) is 6.48. The molecule has 0 fully saturated rings. The number of anilines is 2. The average Bonchev–Trinajstić information content (AvgIpc) is 2.41. The number of halogens is 2. The molecule has 2 rings (SSSR count). The molecule has 2 N–H and O–H groups in total. The fourth-order valence-electron chi connectivity index (χ4n) is 1.86. The van der Waals surface area contributed by atoms with Gasteiger partial charge in [-0.1, -0.05) is 11.6 Å². The Morgan fingerprint density at radius 3 is 2.76 bits per heavy atom. The van der Waals surface area contributed by atoms with Crippen LogP contribution in [0.25, 0.3) is 0 Å². The van der Waals surface area contributed by atoms with Gasteiger partial charge >= 0.3 is 0 Å². The highest BCUT2D eigenvalue weighted by molar-refractivity contribution is 6.33. The Hall–Kier alpha value is -2.14. The normalized spacial score (nSPS) is 10.3. The van der Waals surface area contributed by atoms with Gasteiger partial charge in [0.1, 0.15) is 11.6 Å². The SMILES string of the molecule is CCNc1cc(C(=O)Nc2ccc(F)cc2Cl)cc(C)n1. The van der Waals surface area contributed by atoms with Gasteiger partial charge in [-0.15, -0.1) is 0 Å². The lowest BCUT2D eigenvalue weighted by Crippen LogP contribution is -2.14. The Morgan fingerprint density at radius 2 is 2.10 bits per heavy atom. The van der Waals surface area contributed by atoms with Crippen LogP contribution in [0.15, 0.2) is 30.3 Å². The van der Waals surface area contributed by atoms with E-state index < -0.39 is 5.82 Å². The van der Waals surface area contributed by atoms with Gasteiger partial charge in [-0.05, 0) is 44.2 Å². The van der Waals surface area contributed by atoms with Crippen LogP contribution in [0.2, 0.25) is 5.02 Å². The van der Waals surface area contributed by atoms with E-state index in [0.717, 1.165) is 11.8 Å². The molecule has 110 valence electrons. The standard InChI is InChI=1S/C15H15ClFN3O/c1-3-18-14-7-10(6-9(2)19-14)15(21)20-13-5-4-11(17)8-12(13)16/h4-8H,3H2,1-2H3,(H,18,19)(H,20,21). The molecule has 0 spiro atoms. The zero-order chi connectivity index (χ0) is 15.4. The van der Waals surface area contributed by atoms with E-state index in [-0.39, 0.29) is 10.9 Å². The number of nitrogens with one attached hydrogen (secondary N) is 2. The van der Waals surface area contributed by atoms with Crippen LogP contribution in [0.4, 0.5) is 15.9 Å². The second-order valence-electron chi connectivity index (χ2n) is 4.49. The van der Waals surface area contributed by atoms with Crippen molar-refractivity contribution in [3.05, 3.63) is 52.4 Å². The smallest absolute Gasteiger partial charge is 0.255 e. The molecule has 1 aromatic carbocycles. The van der Waals surface area contributed by atoms with E-state index in [0.29, 0.717) is 23.6 Å². The van der Waals surface area contributed by atoms with Crippen LogP contribution < -0.4 is 10.6 Å². The minimum atomic E-state index is -0.452. The minimum absolute atomic E-state index is 0.154. The lowest BCUT2D eigenvalue weighted by atomic mass is 10.2.